The molecule has 0 spiro atoms. The third-order valence-corrected chi connectivity index (χ3v) is 8.27. The van der Waals surface area contributed by atoms with E-state index in [4.69, 9.17) is 4.74 Å². The zero-order chi connectivity index (χ0) is 27.8. The van der Waals surface area contributed by atoms with E-state index in [-0.39, 0.29) is 29.6 Å². The van der Waals surface area contributed by atoms with Crippen molar-refractivity contribution in [2.75, 3.05) is 0 Å². The van der Waals surface area contributed by atoms with E-state index in [0.717, 1.165) is 15.7 Å². The Bertz CT molecular complexity index is 1310. The lowest BCUT2D eigenvalue weighted by atomic mass is 9.86. The molecule has 1 N–H and O–H groups in total. The van der Waals surface area contributed by atoms with Gasteiger partial charge in [0.05, 0.1) is 17.4 Å². The SMILES string of the molecule is Cc1cnc([C@H]2C[C@](CC(C)C)(OC(=O)O)N(C(=O)c3ccc(C(C)(C)C)c(Br)c3)[C@H]2c2nccs2)cn1. The number of thiazole rings is 1. The number of likely N-dealkylation sites (tertiary alicyclic amines) is 1. The summed E-state index contributed by atoms with van der Waals surface area (Å²) in [6.45, 7) is 12.2. The summed E-state index contributed by atoms with van der Waals surface area (Å²) >= 11 is 5.07. The first-order valence-electron chi connectivity index (χ1n) is 12.6. The number of carbonyl (C=O) groups is 2. The standard InChI is InChI=1S/C28H33BrN4O4S/c1-16(2)12-28(37-26(35)36)13-19(22-15-31-17(3)14-32-22)23(24-30-9-10-38-24)33(28)25(34)18-7-8-20(21(29)11-18)27(4,5)6/h7-11,14-16,19,23H,12-13H2,1-6H3,(H,35,36)/t19-,23-,28+/m1/s1. The van der Waals surface area contributed by atoms with E-state index >= 15 is 0 Å². The molecule has 3 heterocycles. The van der Waals surface area contributed by atoms with Gasteiger partial charge in [0.25, 0.3) is 5.91 Å². The van der Waals surface area contributed by atoms with Crippen molar-refractivity contribution in [1.29, 1.82) is 0 Å². The second-order valence-corrected chi connectivity index (χ2v) is 13.0. The number of aryl methyl sites for hydroxylation is 1. The topological polar surface area (TPSA) is 106 Å². The second kappa shape index (κ2) is 10.7. The number of hydrogen-bond donors (Lipinski definition) is 1. The van der Waals surface area contributed by atoms with Crippen LogP contribution in [0.4, 0.5) is 4.79 Å². The Morgan fingerprint density at radius 1 is 1.24 bits per heavy atom. The molecule has 38 heavy (non-hydrogen) atoms. The summed E-state index contributed by atoms with van der Waals surface area (Å²) in [4.78, 5) is 41.8. The fraction of sp³-hybridized carbons (Fsp3) is 0.464. The monoisotopic (exact) mass is 600 g/mol. The predicted molar refractivity (Wildman–Crippen MR) is 149 cm³/mol. The van der Waals surface area contributed by atoms with Crippen molar-refractivity contribution in [3.05, 3.63) is 74.2 Å². The Balaban J connectivity index is 1.92. The van der Waals surface area contributed by atoms with Crippen molar-refractivity contribution in [2.24, 2.45) is 5.92 Å². The molecule has 1 saturated heterocycles. The summed E-state index contributed by atoms with van der Waals surface area (Å²) in [5.41, 5.74) is 1.39. The number of aromatic nitrogens is 3. The normalized spacial score (nSPS) is 21.6. The van der Waals surface area contributed by atoms with Gasteiger partial charge in [-0.25, -0.2) is 9.78 Å². The zero-order valence-electron chi connectivity index (χ0n) is 22.4. The third-order valence-electron chi connectivity index (χ3n) is 6.77. The summed E-state index contributed by atoms with van der Waals surface area (Å²) < 4.78 is 6.53. The molecule has 202 valence electrons. The highest BCUT2D eigenvalue weighted by atomic mass is 79.9. The number of benzene rings is 1. The summed E-state index contributed by atoms with van der Waals surface area (Å²) in [6.07, 6.45) is 4.21. The molecule has 1 amide bonds. The lowest BCUT2D eigenvalue weighted by molar-refractivity contribution is -0.108. The van der Waals surface area contributed by atoms with Crippen molar-refractivity contribution in [3.8, 4) is 0 Å². The highest BCUT2D eigenvalue weighted by Gasteiger charge is 2.59. The number of ether oxygens (including phenoxy) is 1. The van der Waals surface area contributed by atoms with E-state index in [1.54, 1.807) is 29.6 Å². The molecule has 3 atom stereocenters. The molecule has 10 heteroatoms. The molecule has 1 aromatic carbocycles. The van der Waals surface area contributed by atoms with Gasteiger partial charge in [-0.2, -0.15) is 0 Å². The molecule has 1 aliphatic rings. The summed E-state index contributed by atoms with van der Waals surface area (Å²) in [5, 5.41) is 12.4. The minimum absolute atomic E-state index is 0.0412. The van der Waals surface area contributed by atoms with Crippen LogP contribution in [0, 0.1) is 12.8 Å². The van der Waals surface area contributed by atoms with Crippen LogP contribution in [0.3, 0.4) is 0 Å². The lowest BCUT2D eigenvalue weighted by Gasteiger charge is -2.40. The number of nitrogens with zero attached hydrogens (tertiary/aromatic N) is 4. The molecule has 1 aliphatic heterocycles. The van der Waals surface area contributed by atoms with Crippen LogP contribution in [0.15, 0.2) is 46.6 Å². The molecule has 3 aromatic rings. The number of carboxylic acid groups (broad SMARTS) is 1. The van der Waals surface area contributed by atoms with Crippen molar-refractivity contribution < 1.29 is 19.4 Å². The van der Waals surface area contributed by atoms with Crippen LogP contribution in [0.5, 0.6) is 0 Å². The zero-order valence-corrected chi connectivity index (χ0v) is 24.8. The first kappa shape index (κ1) is 28.2. The molecule has 2 aromatic heterocycles. The van der Waals surface area contributed by atoms with Crippen LogP contribution in [0.1, 0.15) is 91.7 Å². The van der Waals surface area contributed by atoms with Crippen LogP contribution in [0.25, 0.3) is 0 Å². The summed E-state index contributed by atoms with van der Waals surface area (Å²) in [6, 6.07) is 4.96. The van der Waals surface area contributed by atoms with E-state index in [9.17, 15) is 14.7 Å². The maximum absolute atomic E-state index is 14.4. The number of amides is 1. The van der Waals surface area contributed by atoms with Gasteiger partial charge in [0, 0.05) is 52.8 Å². The van der Waals surface area contributed by atoms with Gasteiger partial charge in [-0.15, -0.1) is 11.3 Å². The van der Waals surface area contributed by atoms with Crippen molar-refractivity contribution in [1.82, 2.24) is 19.9 Å². The van der Waals surface area contributed by atoms with Crippen molar-refractivity contribution >= 4 is 39.3 Å². The van der Waals surface area contributed by atoms with Crippen LogP contribution in [0.2, 0.25) is 0 Å². The Labute approximate surface area is 235 Å². The van der Waals surface area contributed by atoms with Gasteiger partial charge in [0.15, 0.2) is 5.72 Å². The van der Waals surface area contributed by atoms with Gasteiger partial charge in [-0.05, 0) is 36.0 Å². The predicted octanol–water partition coefficient (Wildman–Crippen LogP) is 7.11. The van der Waals surface area contributed by atoms with Crippen molar-refractivity contribution in [3.63, 3.8) is 0 Å². The average Bonchev–Trinajstić information content (AvgIpc) is 3.44. The average molecular weight is 602 g/mol. The lowest BCUT2D eigenvalue weighted by Crippen LogP contribution is -2.52. The van der Waals surface area contributed by atoms with Gasteiger partial charge < -0.3 is 9.84 Å². The highest BCUT2D eigenvalue weighted by Crippen LogP contribution is 2.55. The van der Waals surface area contributed by atoms with E-state index in [1.807, 2.05) is 38.3 Å². The quantitative estimate of drug-likeness (QED) is 0.300. The number of halogens is 1. The van der Waals surface area contributed by atoms with Gasteiger partial charge in [-0.3, -0.25) is 19.7 Å². The summed E-state index contributed by atoms with van der Waals surface area (Å²) in [5.74, 6) is -0.649. The Hall–Kier alpha value is -2.85. The molecular formula is C28H33BrN4O4S. The van der Waals surface area contributed by atoms with Gasteiger partial charge in [0.1, 0.15) is 5.01 Å². The largest absolute Gasteiger partial charge is 0.507 e. The molecule has 8 nitrogen and oxygen atoms in total. The highest BCUT2D eigenvalue weighted by molar-refractivity contribution is 9.10. The molecule has 1 fully saturated rings. The number of rotatable bonds is 6. The molecule has 0 unspecified atom stereocenters. The molecular weight excluding hydrogens is 568 g/mol. The molecule has 0 aliphatic carbocycles. The van der Waals surface area contributed by atoms with E-state index in [1.165, 1.54) is 11.3 Å². The molecule has 0 saturated carbocycles. The smallest absolute Gasteiger partial charge is 0.450 e. The molecule has 4 rings (SSSR count). The van der Waals surface area contributed by atoms with Gasteiger partial charge in [0.2, 0.25) is 0 Å². The van der Waals surface area contributed by atoms with E-state index in [0.29, 0.717) is 22.7 Å². The van der Waals surface area contributed by atoms with E-state index < -0.39 is 17.9 Å². The molecule has 0 bridgehead atoms. The van der Waals surface area contributed by atoms with Gasteiger partial charge in [-0.1, -0.05) is 56.6 Å². The van der Waals surface area contributed by atoms with Crippen LogP contribution >= 0.6 is 27.3 Å². The Morgan fingerprint density at radius 2 is 1.97 bits per heavy atom. The number of carbonyl (C=O) groups excluding carboxylic acids is 1. The van der Waals surface area contributed by atoms with Crippen LogP contribution in [-0.2, 0) is 10.2 Å². The molecule has 0 radical (unpaired) electrons. The first-order chi connectivity index (χ1) is 17.8. The van der Waals surface area contributed by atoms with Crippen molar-refractivity contribution in [2.45, 2.75) is 77.5 Å². The minimum Gasteiger partial charge on any atom is -0.450 e. The van der Waals surface area contributed by atoms with Gasteiger partial charge >= 0.3 is 6.16 Å². The number of hydrogen-bond acceptors (Lipinski definition) is 7. The third kappa shape index (κ3) is 5.61. The summed E-state index contributed by atoms with van der Waals surface area (Å²) in [7, 11) is 0. The minimum atomic E-state index is -1.43. The second-order valence-electron chi connectivity index (χ2n) is 11.2. The maximum Gasteiger partial charge on any atom is 0.507 e. The fourth-order valence-corrected chi connectivity index (χ4v) is 7.10. The van der Waals surface area contributed by atoms with Crippen LogP contribution < -0.4 is 0 Å². The van der Waals surface area contributed by atoms with Crippen LogP contribution in [-0.4, -0.2) is 42.7 Å². The Morgan fingerprint density at radius 3 is 2.50 bits per heavy atom. The maximum atomic E-state index is 14.4. The van der Waals surface area contributed by atoms with E-state index in [2.05, 4.69) is 51.7 Å². The Kier molecular flexibility index (Phi) is 7.95. The first-order valence-corrected chi connectivity index (χ1v) is 14.2. The fourth-order valence-electron chi connectivity index (χ4n) is 5.33.